The Labute approximate surface area is 164 Å². The number of piperidine rings is 1. The van der Waals surface area contributed by atoms with Crippen LogP contribution < -0.4 is 15.0 Å². The number of nitrogens with one attached hydrogen (secondary N) is 1. The van der Waals surface area contributed by atoms with Crippen molar-refractivity contribution in [2.24, 2.45) is 7.05 Å². The van der Waals surface area contributed by atoms with E-state index in [2.05, 4.69) is 50.4 Å². The summed E-state index contributed by atoms with van der Waals surface area (Å²) in [6, 6.07) is 9.33. The van der Waals surface area contributed by atoms with E-state index in [-0.39, 0.29) is 0 Å². The number of aryl methyl sites for hydroxylation is 1. The predicted octanol–water partition coefficient (Wildman–Crippen LogP) is 2.49. The van der Waals surface area contributed by atoms with Gasteiger partial charge in [0.2, 0.25) is 0 Å². The Kier molecular flexibility index (Phi) is 4.39. The number of anilines is 1. The van der Waals surface area contributed by atoms with Crippen molar-refractivity contribution < 1.29 is 4.74 Å². The van der Waals surface area contributed by atoms with Crippen LogP contribution in [0.15, 0.2) is 36.8 Å². The molecular formula is C21H26N6O. The van der Waals surface area contributed by atoms with E-state index >= 15 is 0 Å². The van der Waals surface area contributed by atoms with Crippen molar-refractivity contribution in [3.8, 4) is 5.75 Å². The van der Waals surface area contributed by atoms with Gasteiger partial charge in [-0.15, -0.1) is 0 Å². The molecule has 0 bridgehead atoms. The van der Waals surface area contributed by atoms with Crippen molar-refractivity contribution in [1.29, 1.82) is 0 Å². The van der Waals surface area contributed by atoms with Gasteiger partial charge in [0.1, 0.15) is 17.9 Å². The Morgan fingerprint density at radius 2 is 2.00 bits per heavy atom. The number of rotatable bonds is 4. The molecule has 0 saturated carbocycles. The molecule has 2 aromatic heterocycles. The second-order valence-corrected chi connectivity index (χ2v) is 7.87. The lowest BCUT2D eigenvalue weighted by atomic mass is 9.93. The van der Waals surface area contributed by atoms with Crippen molar-refractivity contribution in [3.63, 3.8) is 0 Å². The smallest absolute Gasteiger partial charge is 0.163 e. The molecule has 1 saturated heterocycles. The highest BCUT2D eigenvalue weighted by Crippen LogP contribution is 2.36. The highest BCUT2D eigenvalue weighted by Gasteiger charge is 2.31. The number of benzene rings is 1. The number of fused-ring (bicyclic) bond motifs is 2. The number of nitrogens with zero attached hydrogens (tertiary/aromatic N) is 5. The fourth-order valence-electron chi connectivity index (χ4n) is 4.55. The van der Waals surface area contributed by atoms with Crippen molar-refractivity contribution in [2.75, 3.05) is 24.6 Å². The molecule has 0 radical (unpaired) electrons. The molecule has 0 amide bonds. The van der Waals surface area contributed by atoms with Gasteiger partial charge < -0.3 is 15.0 Å². The molecule has 146 valence electrons. The van der Waals surface area contributed by atoms with Crippen LogP contribution in [-0.2, 0) is 7.05 Å². The number of ether oxygens (including phenoxy) is 1. The zero-order valence-electron chi connectivity index (χ0n) is 16.4. The van der Waals surface area contributed by atoms with Crippen LogP contribution in [0.5, 0.6) is 5.75 Å². The summed E-state index contributed by atoms with van der Waals surface area (Å²) in [6.45, 7) is 5.03. The van der Waals surface area contributed by atoms with Crippen LogP contribution in [0.2, 0.25) is 0 Å². The van der Waals surface area contributed by atoms with Crippen LogP contribution >= 0.6 is 0 Å². The summed E-state index contributed by atoms with van der Waals surface area (Å²) in [5.74, 6) is 2.47. The second kappa shape index (κ2) is 7.05. The Hall–Kier alpha value is -2.67. The Bertz CT molecular complexity index is 978. The zero-order chi connectivity index (χ0) is 19.1. The van der Waals surface area contributed by atoms with E-state index in [0.29, 0.717) is 18.0 Å². The molecule has 2 aliphatic heterocycles. The van der Waals surface area contributed by atoms with E-state index < -0.39 is 0 Å². The summed E-state index contributed by atoms with van der Waals surface area (Å²) in [7, 11) is 1.92. The maximum Gasteiger partial charge on any atom is 0.163 e. The fraction of sp³-hybridized carbons (Fsp3) is 0.476. The molecule has 2 atom stereocenters. The first-order valence-corrected chi connectivity index (χ1v) is 10.1. The first-order valence-electron chi connectivity index (χ1n) is 10.1. The molecule has 2 aliphatic rings. The molecule has 28 heavy (non-hydrogen) atoms. The maximum atomic E-state index is 5.87. The number of para-hydroxylation sites is 1. The third-order valence-corrected chi connectivity index (χ3v) is 6.14. The minimum Gasteiger partial charge on any atom is -0.493 e. The molecule has 7 heteroatoms. The molecule has 5 rings (SSSR count). The van der Waals surface area contributed by atoms with Crippen LogP contribution in [-0.4, -0.2) is 51.5 Å². The van der Waals surface area contributed by atoms with Crippen LogP contribution in [0.1, 0.15) is 31.2 Å². The van der Waals surface area contributed by atoms with Crippen LogP contribution in [0.25, 0.3) is 11.0 Å². The molecule has 0 unspecified atom stereocenters. The predicted molar refractivity (Wildman–Crippen MR) is 109 cm³/mol. The van der Waals surface area contributed by atoms with E-state index in [4.69, 9.17) is 4.74 Å². The van der Waals surface area contributed by atoms with Gasteiger partial charge in [0.15, 0.2) is 5.65 Å². The van der Waals surface area contributed by atoms with Crippen molar-refractivity contribution >= 4 is 16.9 Å². The van der Waals surface area contributed by atoms with Gasteiger partial charge >= 0.3 is 0 Å². The van der Waals surface area contributed by atoms with Crippen LogP contribution in [0.3, 0.4) is 0 Å². The topological polar surface area (TPSA) is 68.1 Å². The molecule has 4 heterocycles. The molecular weight excluding hydrogens is 352 g/mol. The Balaban J connectivity index is 1.23. The molecule has 1 N–H and O–H groups in total. The molecule has 0 aliphatic carbocycles. The molecule has 0 spiro atoms. The Morgan fingerprint density at radius 3 is 2.86 bits per heavy atom. The number of hydrogen-bond acceptors (Lipinski definition) is 6. The van der Waals surface area contributed by atoms with Gasteiger partial charge in [0.25, 0.3) is 0 Å². The van der Waals surface area contributed by atoms with E-state index in [9.17, 15) is 0 Å². The first kappa shape index (κ1) is 17.4. The van der Waals surface area contributed by atoms with Gasteiger partial charge in [-0.05, 0) is 25.8 Å². The third kappa shape index (κ3) is 2.99. The second-order valence-electron chi connectivity index (χ2n) is 7.87. The summed E-state index contributed by atoms with van der Waals surface area (Å²) in [4.78, 5) is 11.3. The lowest BCUT2D eigenvalue weighted by Crippen LogP contribution is -2.47. The monoisotopic (exact) mass is 378 g/mol. The number of aromatic nitrogens is 4. The van der Waals surface area contributed by atoms with Crippen LogP contribution in [0.4, 0.5) is 5.82 Å². The van der Waals surface area contributed by atoms with Gasteiger partial charge in [-0.3, -0.25) is 4.68 Å². The first-order chi connectivity index (χ1) is 13.7. The normalized spacial score (nSPS) is 20.9. The molecule has 1 fully saturated rings. The minimum absolute atomic E-state index is 0.393. The SMILES string of the molecule is C[C@@H](NC1CCN(c2ncnc3c2cnn3C)CC1)[C@@H]1COc2ccccc21. The van der Waals surface area contributed by atoms with Crippen molar-refractivity contribution in [2.45, 2.75) is 37.8 Å². The van der Waals surface area contributed by atoms with E-state index in [1.807, 2.05) is 19.3 Å². The van der Waals surface area contributed by atoms with Crippen molar-refractivity contribution in [1.82, 2.24) is 25.1 Å². The summed E-state index contributed by atoms with van der Waals surface area (Å²) < 4.78 is 7.67. The van der Waals surface area contributed by atoms with E-state index in [0.717, 1.165) is 55.1 Å². The van der Waals surface area contributed by atoms with Gasteiger partial charge in [-0.2, -0.15) is 5.10 Å². The number of hydrogen-bond donors (Lipinski definition) is 1. The summed E-state index contributed by atoms with van der Waals surface area (Å²) in [5.41, 5.74) is 2.22. The average molecular weight is 378 g/mol. The standard InChI is InChI=1S/C21H26N6O/c1-14(18-12-28-19-6-4-3-5-16(18)19)25-15-7-9-27(10-8-15)21-17-11-24-26(2)20(17)22-13-23-21/h3-6,11,13-15,18,25H,7-10,12H2,1-2H3/t14-,18+/m1/s1. The highest BCUT2D eigenvalue weighted by molar-refractivity contribution is 5.86. The minimum atomic E-state index is 0.393. The highest BCUT2D eigenvalue weighted by atomic mass is 16.5. The quantitative estimate of drug-likeness (QED) is 0.752. The largest absolute Gasteiger partial charge is 0.493 e. The molecule has 7 nitrogen and oxygen atoms in total. The third-order valence-electron chi connectivity index (χ3n) is 6.14. The summed E-state index contributed by atoms with van der Waals surface area (Å²) in [5, 5.41) is 9.22. The van der Waals surface area contributed by atoms with Gasteiger partial charge in [0.05, 0.1) is 18.2 Å². The fourth-order valence-corrected chi connectivity index (χ4v) is 4.55. The van der Waals surface area contributed by atoms with E-state index in [1.54, 1.807) is 11.0 Å². The molecule has 3 aromatic rings. The maximum absolute atomic E-state index is 5.87. The van der Waals surface area contributed by atoms with Gasteiger partial charge in [-0.1, -0.05) is 18.2 Å². The lowest BCUT2D eigenvalue weighted by Gasteiger charge is -2.35. The van der Waals surface area contributed by atoms with Gasteiger partial charge in [0, 0.05) is 43.7 Å². The zero-order valence-corrected chi connectivity index (χ0v) is 16.4. The summed E-state index contributed by atoms with van der Waals surface area (Å²) >= 11 is 0. The van der Waals surface area contributed by atoms with Crippen LogP contribution in [0, 0.1) is 0 Å². The van der Waals surface area contributed by atoms with E-state index in [1.165, 1.54) is 5.56 Å². The molecule has 1 aromatic carbocycles. The summed E-state index contributed by atoms with van der Waals surface area (Å²) in [6.07, 6.45) is 5.72. The Morgan fingerprint density at radius 1 is 1.18 bits per heavy atom. The van der Waals surface area contributed by atoms with Crippen molar-refractivity contribution in [3.05, 3.63) is 42.4 Å². The average Bonchev–Trinajstić information content (AvgIpc) is 3.33. The van der Waals surface area contributed by atoms with Gasteiger partial charge in [-0.25, -0.2) is 9.97 Å². The lowest BCUT2D eigenvalue weighted by molar-refractivity contribution is 0.283.